The van der Waals surface area contributed by atoms with Crippen LogP contribution in [-0.4, -0.2) is 74.9 Å². The van der Waals surface area contributed by atoms with E-state index in [2.05, 4.69) is 16.3 Å². The number of urea groups is 1. The molecule has 0 saturated carbocycles. The number of methoxy groups -OCH3 is 1. The van der Waals surface area contributed by atoms with Gasteiger partial charge in [0, 0.05) is 32.8 Å². The van der Waals surface area contributed by atoms with Crippen molar-refractivity contribution in [2.45, 2.75) is 31.8 Å². The molecule has 1 unspecified atom stereocenters. The first kappa shape index (κ1) is 19.0. The van der Waals surface area contributed by atoms with Crippen LogP contribution < -0.4 is 10.1 Å². The first-order valence-electron chi connectivity index (χ1n) is 9.74. The minimum Gasteiger partial charge on any atom is -0.497 e. The molecular formula is C20H31N3O3. The third-order valence-electron chi connectivity index (χ3n) is 5.12. The van der Waals surface area contributed by atoms with E-state index in [0.29, 0.717) is 13.1 Å². The third kappa shape index (κ3) is 5.61. The Hall–Kier alpha value is -1.79. The van der Waals surface area contributed by atoms with Crippen LogP contribution in [0.25, 0.3) is 0 Å². The second-order valence-electron chi connectivity index (χ2n) is 7.13. The van der Waals surface area contributed by atoms with Crippen LogP contribution in [0.3, 0.4) is 0 Å². The van der Waals surface area contributed by atoms with Gasteiger partial charge < -0.3 is 24.6 Å². The molecular weight excluding hydrogens is 330 g/mol. The van der Waals surface area contributed by atoms with E-state index in [1.54, 1.807) is 7.11 Å². The molecule has 2 aliphatic rings. The van der Waals surface area contributed by atoms with Crippen molar-refractivity contribution in [1.82, 2.24) is 15.1 Å². The highest BCUT2D eigenvalue weighted by molar-refractivity contribution is 5.74. The fourth-order valence-corrected chi connectivity index (χ4v) is 3.70. The number of ether oxygens (including phenoxy) is 2. The number of amides is 2. The predicted octanol–water partition coefficient (Wildman–Crippen LogP) is 2.13. The number of rotatable bonds is 6. The van der Waals surface area contributed by atoms with Gasteiger partial charge >= 0.3 is 6.03 Å². The lowest BCUT2D eigenvalue weighted by atomic mass is 10.1. The second kappa shape index (κ2) is 9.78. The summed E-state index contributed by atoms with van der Waals surface area (Å²) >= 11 is 0. The maximum atomic E-state index is 12.6. The van der Waals surface area contributed by atoms with Crippen LogP contribution in [0.4, 0.5) is 4.79 Å². The predicted molar refractivity (Wildman–Crippen MR) is 102 cm³/mol. The molecule has 1 aromatic carbocycles. The maximum absolute atomic E-state index is 12.6. The van der Waals surface area contributed by atoms with Crippen molar-refractivity contribution >= 4 is 6.03 Å². The first-order chi connectivity index (χ1) is 12.7. The van der Waals surface area contributed by atoms with E-state index in [0.717, 1.165) is 56.9 Å². The van der Waals surface area contributed by atoms with Crippen molar-refractivity contribution in [3.63, 3.8) is 0 Å². The average Bonchev–Trinajstić information content (AvgIpc) is 3.05. The van der Waals surface area contributed by atoms with Crippen molar-refractivity contribution in [2.75, 3.05) is 53.0 Å². The summed E-state index contributed by atoms with van der Waals surface area (Å²) < 4.78 is 11.2. The van der Waals surface area contributed by atoms with E-state index in [9.17, 15) is 4.79 Å². The lowest BCUT2D eigenvalue weighted by Crippen LogP contribution is -2.46. The Labute approximate surface area is 156 Å². The van der Waals surface area contributed by atoms with Gasteiger partial charge in [-0.15, -0.1) is 0 Å². The normalized spacial score (nSPS) is 21.4. The molecule has 2 aliphatic heterocycles. The molecule has 2 amide bonds. The zero-order valence-corrected chi connectivity index (χ0v) is 15.8. The molecule has 3 rings (SSSR count). The monoisotopic (exact) mass is 361 g/mol. The Morgan fingerprint density at radius 2 is 2.12 bits per heavy atom. The molecule has 0 aromatic heterocycles. The number of nitrogens with zero attached hydrogens (tertiary/aromatic N) is 2. The Balaban J connectivity index is 1.44. The van der Waals surface area contributed by atoms with Crippen LogP contribution in [0.2, 0.25) is 0 Å². The zero-order chi connectivity index (χ0) is 18.2. The highest BCUT2D eigenvalue weighted by Gasteiger charge is 2.25. The molecule has 2 fully saturated rings. The molecule has 1 N–H and O–H groups in total. The number of hydrogen-bond acceptors (Lipinski definition) is 4. The summed E-state index contributed by atoms with van der Waals surface area (Å²) in [5.41, 5.74) is 1.16. The van der Waals surface area contributed by atoms with Crippen molar-refractivity contribution in [2.24, 2.45) is 0 Å². The second-order valence-corrected chi connectivity index (χ2v) is 7.13. The molecule has 6 heteroatoms. The van der Waals surface area contributed by atoms with Gasteiger partial charge in [-0.25, -0.2) is 4.79 Å². The number of nitrogens with one attached hydrogen (secondary N) is 1. The van der Waals surface area contributed by atoms with Gasteiger partial charge in [-0.3, -0.25) is 0 Å². The van der Waals surface area contributed by atoms with Gasteiger partial charge in [-0.05, 0) is 56.5 Å². The molecule has 6 nitrogen and oxygen atoms in total. The highest BCUT2D eigenvalue weighted by Crippen LogP contribution is 2.14. The first-order valence-corrected chi connectivity index (χ1v) is 9.74. The summed E-state index contributed by atoms with van der Waals surface area (Å²) in [4.78, 5) is 16.9. The minimum absolute atomic E-state index is 0.0184. The van der Waals surface area contributed by atoms with Crippen molar-refractivity contribution < 1.29 is 14.3 Å². The van der Waals surface area contributed by atoms with Crippen molar-refractivity contribution in [1.29, 1.82) is 0 Å². The Morgan fingerprint density at radius 1 is 1.27 bits per heavy atom. The van der Waals surface area contributed by atoms with Crippen LogP contribution in [0.1, 0.15) is 24.8 Å². The zero-order valence-electron chi connectivity index (χ0n) is 15.8. The maximum Gasteiger partial charge on any atom is 0.317 e. The minimum atomic E-state index is 0.0184. The smallest absolute Gasteiger partial charge is 0.317 e. The Morgan fingerprint density at radius 3 is 2.92 bits per heavy atom. The van der Waals surface area contributed by atoms with E-state index >= 15 is 0 Å². The molecule has 26 heavy (non-hydrogen) atoms. The van der Waals surface area contributed by atoms with Gasteiger partial charge in [0.15, 0.2) is 0 Å². The summed E-state index contributed by atoms with van der Waals surface area (Å²) in [6, 6.07) is 7.99. The molecule has 0 radical (unpaired) electrons. The summed E-state index contributed by atoms with van der Waals surface area (Å²) in [6.45, 7) is 6.07. The lowest BCUT2D eigenvalue weighted by Gasteiger charge is -2.27. The fraction of sp³-hybridized carbons (Fsp3) is 0.650. The summed E-state index contributed by atoms with van der Waals surface area (Å²) in [7, 11) is 1.67. The number of benzene rings is 1. The van der Waals surface area contributed by atoms with Gasteiger partial charge in [0.2, 0.25) is 0 Å². The van der Waals surface area contributed by atoms with Crippen LogP contribution in [0.15, 0.2) is 24.3 Å². The van der Waals surface area contributed by atoms with Gasteiger partial charge in [-0.1, -0.05) is 12.1 Å². The summed E-state index contributed by atoms with van der Waals surface area (Å²) in [6.07, 6.45) is 4.38. The quantitative estimate of drug-likeness (QED) is 0.843. The summed E-state index contributed by atoms with van der Waals surface area (Å²) in [5, 5.41) is 3.06. The fourth-order valence-electron chi connectivity index (χ4n) is 3.70. The highest BCUT2D eigenvalue weighted by atomic mass is 16.5. The van der Waals surface area contributed by atoms with E-state index < -0.39 is 0 Å². The standard InChI is InChI=1S/C20H31N3O3/c1-25-18-7-4-6-17(14-18)8-9-21-20(24)23-12-5-13-26-19(16-23)15-22-10-2-3-11-22/h4,6-7,14,19H,2-3,5,8-13,15-16H2,1H3,(H,21,24). The van der Waals surface area contributed by atoms with E-state index in [-0.39, 0.29) is 12.1 Å². The van der Waals surface area contributed by atoms with Crippen molar-refractivity contribution in [3.8, 4) is 5.75 Å². The van der Waals surface area contributed by atoms with Gasteiger partial charge in [0.25, 0.3) is 0 Å². The SMILES string of the molecule is COc1cccc(CCNC(=O)N2CCCOC(CN3CCCC3)C2)c1. The van der Waals surface area contributed by atoms with Crippen LogP contribution >= 0.6 is 0 Å². The topological polar surface area (TPSA) is 54.0 Å². The van der Waals surface area contributed by atoms with E-state index in [4.69, 9.17) is 9.47 Å². The number of likely N-dealkylation sites (tertiary alicyclic amines) is 1. The molecule has 2 saturated heterocycles. The molecule has 1 aromatic rings. The molecule has 0 spiro atoms. The van der Waals surface area contributed by atoms with Gasteiger partial charge in [0.05, 0.1) is 13.2 Å². The van der Waals surface area contributed by atoms with Gasteiger partial charge in [-0.2, -0.15) is 0 Å². The third-order valence-corrected chi connectivity index (χ3v) is 5.12. The molecule has 0 aliphatic carbocycles. The lowest BCUT2D eigenvalue weighted by molar-refractivity contribution is 0.0350. The van der Waals surface area contributed by atoms with Crippen LogP contribution in [0, 0.1) is 0 Å². The number of carbonyl (C=O) groups is 1. The van der Waals surface area contributed by atoms with E-state index in [1.165, 1.54) is 12.8 Å². The largest absolute Gasteiger partial charge is 0.497 e. The number of hydrogen-bond donors (Lipinski definition) is 1. The van der Waals surface area contributed by atoms with E-state index in [1.807, 2.05) is 23.1 Å². The number of carbonyl (C=O) groups excluding carboxylic acids is 1. The molecule has 1 atom stereocenters. The van der Waals surface area contributed by atoms with Crippen LogP contribution in [-0.2, 0) is 11.2 Å². The average molecular weight is 361 g/mol. The summed E-state index contributed by atoms with van der Waals surface area (Å²) in [5.74, 6) is 0.850. The van der Waals surface area contributed by atoms with Crippen molar-refractivity contribution in [3.05, 3.63) is 29.8 Å². The Bertz CT molecular complexity index is 575. The molecule has 0 bridgehead atoms. The van der Waals surface area contributed by atoms with Crippen LogP contribution in [0.5, 0.6) is 5.75 Å². The Kier molecular flexibility index (Phi) is 7.14. The molecule has 144 valence electrons. The van der Waals surface area contributed by atoms with Gasteiger partial charge in [0.1, 0.15) is 5.75 Å². The molecule has 2 heterocycles.